The highest BCUT2D eigenvalue weighted by Gasteiger charge is 2.35. The molecule has 0 unspecified atom stereocenters. The lowest BCUT2D eigenvalue weighted by Crippen LogP contribution is -2.15. The second-order valence-electron chi connectivity index (χ2n) is 8.42. The van der Waals surface area contributed by atoms with Gasteiger partial charge in [-0.05, 0) is 42.8 Å². The summed E-state index contributed by atoms with van der Waals surface area (Å²) in [5, 5.41) is 10.8. The van der Waals surface area contributed by atoms with Crippen molar-refractivity contribution in [3.8, 4) is 17.0 Å². The van der Waals surface area contributed by atoms with Gasteiger partial charge in [0, 0.05) is 17.8 Å². The number of carbonyl (C=O) groups excluding carboxylic acids is 1. The molecule has 3 heterocycles. The number of hydrogen-bond donors (Lipinski definition) is 1. The summed E-state index contributed by atoms with van der Waals surface area (Å²) in [6.45, 7) is 2.50. The van der Waals surface area contributed by atoms with Crippen LogP contribution >= 0.6 is 0 Å². The number of nitrogens with zero attached hydrogens (tertiary/aromatic N) is 5. The molecule has 0 radical (unpaired) electrons. The quantitative estimate of drug-likeness (QED) is 0.341. The highest BCUT2D eigenvalue weighted by molar-refractivity contribution is 6.03. The van der Waals surface area contributed by atoms with E-state index in [9.17, 15) is 18.0 Å². The van der Waals surface area contributed by atoms with Crippen LogP contribution in [0.15, 0.2) is 73.1 Å². The summed E-state index contributed by atoms with van der Waals surface area (Å²) in [5.74, 6) is -0.120. The predicted molar refractivity (Wildman–Crippen MR) is 130 cm³/mol. The number of ether oxygens (including phenoxy) is 1. The van der Waals surface area contributed by atoms with Crippen LogP contribution in [-0.2, 0) is 12.7 Å². The molecule has 0 aliphatic rings. The Hall–Kier alpha value is -4.67. The summed E-state index contributed by atoms with van der Waals surface area (Å²) in [5.41, 5.74) is 1.74. The molecule has 0 spiro atoms. The number of amides is 1. The van der Waals surface area contributed by atoms with Crippen molar-refractivity contribution < 1.29 is 22.7 Å². The van der Waals surface area contributed by atoms with Gasteiger partial charge in [0.05, 0.1) is 31.2 Å². The Balaban J connectivity index is 1.41. The van der Waals surface area contributed by atoms with Gasteiger partial charge in [0.1, 0.15) is 5.75 Å². The van der Waals surface area contributed by atoms with Crippen molar-refractivity contribution in [3.05, 3.63) is 95.6 Å². The first kappa shape index (κ1) is 24.0. The Kier molecular flexibility index (Phi) is 6.12. The number of aryl methyl sites for hydroxylation is 1. The lowest BCUT2D eigenvalue weighted by atomic mass is 10.1. The first-order valence-electron chi connectivity index (χ1n) is 11.2. The number of fused-ring (bicyclic) bond motifs is 1. The maximum absolute atomic E-state index is 13.9. The number of aromatic nitrogens is 5. The molecule has 5 rings (SSSR count). The van der Waals surface area contributed by atoms with Crippen molar-refractivity contribution >= 4 is 17.2 Å². The Morgan fingerprint density at radius 3 is 2.46 bits per heavy atom. The summed E-state index contributed by atoms with van der Waals surface area (Å²) in [7, 11) is 1.50. The number of anilines is 1. The van der Waals surface area contributed by atoms with Gasteiger partial charge in [0.15, 0.2) is 17.0 Å². The molecule has 0 fully saturated rings. The fraction of sp³-hybridized carbons (Fsp3) is 0.154. The van der Waals surface area contributed by atoms with Crippen LogP contribution in [-0.4, -0.2) is 37.4 Å². The zero-order valence-corrected chi connectivity index (χ0v) is 19.8. The molecule has 0 saturated heterocycles. The maximum Gasteiger partial charge on any atom is 0.433 e. The maximum atomic E-state index is 13.9. The lowest BCUT2D eigenvalue weighted by molar-refractivity contribution is -0.142. The van der Waals surface area contributed by atoms with Crippen molar-refractivity contribution in [3.63, 3.8) is 0 Å². The molecule has 188 valence electrons. The van der Waals surface area contributed by atoms with Crippen LogP contribution in [0.4, 0.5) is 18.9 Å². The minimum Gasteiger partial charge on any atom is -0.497 e. The van der Waals surface area contributed by atoms with Crippen LogP contribution in [0.1, 0.15) is 27.3 Å². The second kappa shape index (κ2) is 9.41. The van der Waals surface area contributed by atoms with Gasteiger partial charge in [0.25, 0.3) is 5.91 Å². The van der Waals surface area contributed by atoms with E-state index in [2.05, 4.69) is 20.5 Å². The van der Waals surface area contributed by atoms with Crippen molar-refractivity contribution in [2.75, 3.05) is 12.4 Å². The third-order valence-electron chi connectivity index (χ3n) is 5.69. The fourth-order valence-corrected chi connectivity index (χ4v) is 3.79. The monoisotopic (exact) mass is 506 g/mol. The molecule has 0 saturated carbocycles. The molecule has 0 aliphatic carbocycles. The SMILES string of the molecule is COc1ccc(-c2cc(C(F)(F)F)n3nc(C(=O)Nc4cnn(Cc5ccc(C)cc5)c4)cc3n2)cc1. The lowest BCUT2D eigenvalue weighted by Gasteiger charge is -2.11. The van der Waals surface area contributed by atoms with E-state index in [0.29, 0.717) is 28.1 Å². The van der Waals surface area contributed by atoms with Crippen molar-refractivity contribution in [2.45, 2.75) is 19.6 Å². The summed E-state index contributed by atoms with van der Waals surface area (Å²) in [6, 6.07) is 16.5. The Morgan fingerprint density at radius 2 is 1.78 bits per heavy atom. The van der Waals surface area contributed by atoms with Gasteiger partial charge >= 0.3 is 6.18 Å². The van der Waals surface area contributed by atoms with Gasteiger partial charge in [-0.25, -0.2) is 9.50 Å². The molecule has 0 aliphatic heterocycles. The highest BCUT2D eigenvalue weighted by Crippen LogP contribution is 2.32. The van der Waals surface area contributed by atoms with E-state index in [1.54, 1.807) is 35.1 Å². The van der Waals surface area contributed by atoms with E-state index < -0.39 is 17.8 Å². The summed E-state index contributed by atoms with van der Waals surface area (Å²) in [4.78, 5) is 17.1. The third-order valence-corrected chi connectivity index (χ3v) is 5.69. The van der Waals surface area contributed by atoms with Crippen LogP contribution in [0.2, 0.25) is 0 Å². The second-order valence-corrected chi connectivity index (χ2v) is 8.42. The van der Waals surface area contributed by atoms with E-state index in [1.165, 1.54) is 19.4 Å². The average molecular weight is 506 g/mol. The Labute approximate surface area is 209 Å². The van der Waals surface area contributed by atoms with Crippen LogP contribution < -0.4 is 10.1 Å². The Bertz CT molecular complexity index is 1570. The topological polar surface area (TPSA) is 86.3 Å². The van der Waals surface area contributed by atoms with Gasteiger partial charge in [0.2, 0.25) is 0 Å². The predicted octanol–water partition coefficient (Wildman–Crippen LogP) is 5.23. The third kappa shape index (κ3) is 5.15. The van der Waals surface area contributed by atoms with Gasteiger partial charge in [-0.15, -0.1) is 0 Å². The minimum atomic E-state index is -4.72. The van der Waals surface area contributed by atoms with E-state index in [1.807, 2.05) is 31.2 Å². The number of alkyl halides is 3. The molecule has 3 aromatic heterocycles. The smallest absolute Gasteiger partial charge is 0.433 e. The molecule has 5 aromatic rings. The number of halogens is 3. The molecule has 2 aromatic carbocycles. The van der Waals surface area contributed by atoms with Gasteiger partial charge < -0.3 is 10.1 Å². The van der Waals surface area contributed by atoms with Crippen molar-refractivity contribution in [1.29, 1.82) is 0 Å². The molecule has 1 amide bonds. The standard InChI is InChI=1S/C26H21F3N6O2/c1-16-3-5-17(6-4-16)14-34-15-19(13-30-34)31-25(36)22-12-24-32-21(18-7-9-20(37-2)10-8-18)11-23(26(27,28)29)35(24)33-22/h3-13,15H,14H2,1-2H3,(H,31,36). The summed E-state index contributed by atoms with van der Waals surface area (Å²) >= 11 is 0. The molecule has 0 atom stereocenters. The van der Waals surface area contributed by atoms with E-state index in [4.69, 9.17) is 4.74 Å². The zero-order valence-electron chi connectivity index (χ0n) is 19.8. The van der Waals surface area contributed by atoms with E-state index in [0.717, 1.165) is 17.2 Å². The first-order chi connectivity index (χ1) is 17.7. The molecular formula is C26H21F3N6O2. The fourth-order valence-electron chi connectivity index (χ4n) is 3.79. The molecule has 0 bridgehead atoms. The zero-order chi connectivity index (χ0) is 26.2. The van der Waals surface area contributed by atoms with Crippen molar-refractivity contribution in [2.24, 2.45) is 0 Å². The van der Waals surface area contributed by atoms with E-state index in [-0.39, 0.29) is 17.0 Å². The number of nitrogens with one attached hydrogen (secondary N) is 1. The molecular weight excluding hydrogens is 485 g/mol. The Morgan fingerprint density at radius 1 is 1.05 bits per heavy atom. The average Bonchev–Trinajstić information content (AvgIpc) is 3.51. The molecule has 8 nitrogen and oxygen atoms in total. The highest BCUT2D eigenvalue weighted by atomic mass is 19.4. The van der Waals surface area contributed by atoms with Gasteiger partial charge in [-0.3, -0.25) is 9.48 Å². The molecule has 11 heteroatoms. The minimum absolute atomic E-state index is 0.0896. The summed E-state index contributed by atoms with van der Waals surface area (Å²) in [6.07, 6.45) is -1.63. The van der Waals surface area contributed by atoms with Gasteiger partial charge in [-0.2, -0.15) is 23.4 Å². The number of benzene rings is 2. The molecule has 1 N–H and O–H groups in total. The van der Waals surface area contributed by atoms with Gasteiger partial charge in [-0.1, -0.05) is 29.8 Å². The van der Waals surface area contributed by atoms with Crippen LogP contribution in [0.5, 0.6) is 5.75 Å². The number of hydrogen-bond acceptors (Lipinski definition) is 5. The first-order valence-corrected chi connectivity index (χ1v) is 11.2. The number of rotatable bonds is 6. The van der Waals surface area contributed by atoms with Crippen LogP contribution in [0, 0.1) is 6.92 Å². The van der Waals surface area contributed by atoms with Crippen LogP contribution in [0.3, 0.4) is 0 Å². The molecule has 37 heavy (non-hydrogen) atoms. The van der Waals surface area contributed by atoms with Crippen LogP contribution in [0.25, 0.3) is 16.9 Å². The number of methoxy groups -OCH3 is 1. The largest absolute Gasteiger partial charge is 0.497 e. The van der Waals surface area contributed by atoms with Crippen molar-refractivity contribution in [1.82, 2.24) is 24.4 Å². The summed E-state index contributed by atoms with van der Waals surface area (Å²) < 4.78 is 49.0. The number of carbonyl (C=O) groups is 1. The normalized spacial score (nSPS) is 11.6. The van der Waals surface area contributed by atoms with E-state index >= 15 is 0 Å².